The first kappa shape index (κ1) is 10.3. The standard InChI is InChI=1S/C14H20N2/c1-2-4-12(5-3-1)13-6-8-14(9-7-13)10-15-11-16-14/h1-5,13,15-16H,6-11H2. The summed E-state index contributed by atoms with van der Waals surface area (Å²) in [6.07, 6.45) is 5.30. The van der Waals surface area contributed by atoms with Crippen LogP contribution in [0.3, 0.4) is 0 Å². The summed E-state index contributed by atoms with van der Waals surface area (Å²) in [4.78, 5) is 0. The summed E-state index contributed by atoms with van der Waals surface area (Å²) in [6, 6.07) is 11.0. The van der Waals surface area contributed by atoms with E-state index in [9.17, 15) is 0 Å². The van der Waals surface area contributed by atoms with E-state index in [2.05, 4.69) is 41.0 Å². The molecule has 3 rings (SSSR count). The van der Waals surface area contributed by atoms with Gasteiger partial charge in [0.05, 0.1) is 0 Å². The van der Waals surface area contributed by atoms with Crippen LogP contribution in [0.5, 0.6) is 0 Å². The van der Waals surface area contributed by atoms with Gasteiger partial charge in [-0.25, -0.2) is 0 Å². The quantitative estimate of drug-likeness (QED) is 0.752. The average molecular weight is 216 g/mol. The van der Waals surface area contributed by atoms with E-state index in [-0.39, 0.29) is 0 Å². The lowest BCUT2D eigenvalue weighted by molar-refractivity contribution is 0.258. The van der Waals surface area contributed by atoms with Gasteiger partial charge >= 0.3 is 0 Å². The SMILES string of the molecule is c1ccc(C2CCC3(CC2)CNCN3)cc1. The molecule has 1 aliphatic carbocycles. The van der Waals surface area contributed by atoms with Crippen molar-refractivity contribution in [3.63, 3.8) is 0 Å². The lowest BCUT2D eigenvalue weighted by atomic mass is 9.74. The maximum absolute atomic E-state index is 3.63. The Hall–Kier alpha value is -0.860. The summed E-state index contributed by atoms with van der Waals surface area (Å²) in [5.41, 5.74) is 1.95. The molecule has 0 atom stereocenters. The van der Waals surface area contributed by atoms with E-state index >= 15 is 0 Å². The van der Waals surface area contributed by atoms with Crippen LogP contribution in [0, 0.1) is 0 Å². The number of nitrogens with one attached hydrogen (secondary N) is 2. The van der Waals surface area contributed by atoms with Gasteiger partial charge < -0.3 is 5.32 Å². The Morgan fingerprint density at radius 3 is 2.44 bits per heavy atom. The molecule has 1 saturated carbocycles. The fourth-order valence-electron chi connectivity index (χ4n) is 3.20. The maximum atomic E-state index is 3.63. The van der Waals surface area contributed by atoms with Gasteiger partial charge in [0.15, 0.2) is 0 Å². The number of benzene rings is 1. The van der Waals surface area contributed by atoms with Crippen molar-refractivity contribution in [3.8, 4) is 0 Å². The largest absolute Gasteiger partial charge is 0.303 e. The first-order chi connectivity index (χ1) is 7.88. The highest BCUT2D eigenvalue weighted by Crippen LogP contribution is 2.38. The van der Waals surface area contributed by atoms with Crippen LogP contribution >= 0.6 is 0 Å². The third-order valence-corrected chi connectivity index (χ3v) is 4.27. The normalized spacial score (nSPS) is 34.4. The molecule has 1 aromatic rings. The van der Waals surface area contributed by atoms with Crippen molar-refractivity contribution < 1.29 is 0 Å². The molecular formula is C14H20N2. The zero-order chi connectivity index (χ0) is 10.8. The molecule has 0 aromatic heterocycles. The van der Waals surface area contributed by atoms with Gasteiger partial charge in [0.1, 0.15) is 0 Å². The van der Waals surface area contributed by atoms with E-state index in [0.29, 0.717) is 5.54 Å². The topological polar surface area (TPSA) is 24.1 Å². The minimum atomic E-state index is 0.422. The van der Waals surface area contributed by atoms with Gasteiger partial charge in [0.25, 0.3) is 0 Å². The molecule has 2 aliphatic rings. The van der Waals surface area contributed by atoms with E-state index < -0.39 is 0 Å². The summed E-state index contributed by atoms with van der Waals surface area (Å²) in [5, 5.41) is 7.06. The first-order valence-electron chi connectivity index (χ1n) is 6.39. The molecule has 1 aliphatic heterocycles. The zero-order valence-corrected chi connectivity index (χ0v) is 9.71. The summed E-state index contributed by atoms with van der Waals surface area (Å²) < 4.78 is 0. The van der Waals surface area contributed by atoms with Crippen LogP contribution in [0.25, 0.3) is 0 Å². The van der Waals surface area contributed by atoms with Crippen LogP contribution < -0.4 is 10.6 Å². The Morgan fingerprint density at radius 2 is 1.81 bits per heavy atom. The molecule has 1 aromatic carbocycles. The van der Waals surface area contributed by atoms with E-state index in [0.717, 1.165) is 19.1 Å². The molecule has 1 spiro atoms. The monoisotopic (exact) mass is 216 g/mol. The first-order valence-corrected chi connectivity index (χ1v) is 6.39. The van der Waals surface area contributed by atoms with Crippen molar-refractivity contribution >= 4 is 0 Å². The Labute approximate surface area is 97.4 Å². The molecule has 86 valence electrons. The second-order valence-corrected chi connectivity index (χ2v) is 5.25. The second kappa shape index (κ2) is 4.19. The maximum Gasteiger partial charge on any atom is 0.0459 e. The van der Waals surface area contributed by atoms with E-state index in [1.807, 2.05) is 0 Å². The molecule has 2 fully saturated rings. The molecule has 16 heavy (non-hydrogen) atoms. The van der Waals surface area contributed by atoms with E-state index in [1.54, 1.807) is 0 Å². The van der Waals surface area contributed by atoms with Crippen molar-refractivity contribution in [2.24, 2.45) is 0 Å². The van der Waals surface area contributed by atoms with Gasteiger partial charge in [0, 0.05) is 18.8 Å². The molecule has 2 heteroatoms. The van der Waals surface area contributed by atoms with Crippen LogP contribution in [0.2, 0.25) is 0 Å². The van der Waals surface area contributed by atoms with Crippen molar-refractivity contribution in [1.82, 2.24) is 10.6 Å². The third-order valence-electron chi connectivity index (χ3n) is 4.27. The van der Waals surface area contributed by atoms with Crippen LogP contribution in [-0.4, -0.2) is 18.8 Å². The minimum Gasteiger partial charge on any atom is -0.303 e. The molecule has 1 saturated heterocycles. The predicted octanol–water partition coefficient (Wildman–Crippen LogP) is 2.23. The Morgan fingerprint density at radius 1 is 1.06 bits per heavy atom. The van der Waals surface area contributed by atoms with Crippen molar-refractivity contribution in [1.29, 1.82) is 0 Å². The molecular weight excluding hydrogens is 196 g/mol. The summed E-state index contributed by atoms with van der Waals surface area (Å²) in [5.74, 6) is 0.786. The second-order valence-electron chi connectivity index (χ2n) is 5.25. The molecule has 0 bridgehead atoms. The fourth-order valence-corrected chi connectivity index (χ4v) is 3.20. The van der Waals surface area contributed by atoms with Crippen LogP contribution in [0.4, 0.5) is 0 Å². The summed E-state index contributed by atoms with van der Waals surface area (Å²) >= 11 is 0. The zero-order valence-electron chi connectivity index (χ0n) is 9.71. The highest BCUT2D eigenvalue weighted by atomic mass is 15.2. The Kier molecular flexibility index (Phi) is 2.70. The van der Waals surface area contributed by atoms with Crippen LogP contribution in [0.15, 0.2) is 30.3 Å². The van der Waals surface area contributed by atoms with Crippen LogP contribution in [-0.2, 0) is 0 Å². The van der Waals surface area contributed by atoms with Crippen LogP contribution in [0.1, 0.15) is 37.2 Å². The highest BCUT2D eigenvalue weighted by Gasteiger charge is 2.37. The van der Waals surface area contributed by atoms with Gasteiger partial charge in [-0.3, -0.25) is 5.32 Å². The Balaban J connectivity index is 1.66. The lowest BCUT2D eigenvalue weighted by Crippen LogP contribution is -2.45. The van der Waals surface area contributed by atoms with Crippen molar-refractivity contribution in [2.75, 3.05) is 13.2 Å². The third kappa shape index (κ3) is 1.87. The average Bonchev–Trinajstić information content (AvgIpc) is 2.80. The minimum absolute atomic E-state index is 0.422. The van der Waals surface area contributed by atoms with Gasteiger partial charge in [-0.15, -0.1) is 0 Å². The predicted molar refractivity (Wildman–Crippen MR) is 66.4 cm³/mol. The molecule has 2 nitrogen and oxygen atoms in total. The molecule has 0 amide bonds. The smallest absolute Gasteiger partial charge is 0.0459 e. The summed E-state index contributed by atoms with van der Waals surface area (Å²) in [6.45, 7) is 2.16. The lowest BCUT2D eigenvalue weighted by Gasteiger charge is -2.37. The fraction of sp³-hybridized carbons (Fsp3) is 0.571. The molecule has 0 radical (unpaired) electrons. The number of hydrogen-bond donors (Lipinski definition) is 2. The van der Waals surface area contributed by atoms with E-state index in [4.69, 9.17) is 0 Å². The van der Waals surface area contributed by atoms with Gasteiger partial charge in [-0.2, -0.15) is 0 Å². The van der Waals surface area contributed by atoms with E-state index in [1.165, 1.54) is 31.2 Å². The number of rotatable bonds is 1. The summed E-state index contributed by atoms with van der Waals surface area (Å²) in [7, 11) is 0. The number of hydrogen-bond acceptors (Lipinski definition) is 2. The van der Waals surface area contributed by atoms with Gasteiger partial charge in [0.2, 0.25) is 0 Å². The molecule has 1 heterocycles. The van der Waals surface area contributed by atoms with Crippen molar-refractivity contribution in [2.45, 2.75) is 37.1 Å². The van der Waals surface area contributed by atoms with Crippen molar-refractivity contribution in [3.05, 3.63) is 35.9 Å². The Bertz CT molecular complexity index is 331. The van der Waals surface area contributed by atoms with Gasteiger partial charge in [-0.05, 0) is 37.2 Å². The highest BCUT2D eigenvalue weighted by molar-refractivity contribution is 5.21. The molecule has 0 unspecified atom stereocenters. The van der Waals surface area contributed by atoms with Gasteiger partial charge in [-0.1, -0.05) is 30.3 Å². The molecule has 2 N–H and O–H groups in total.